The minimum Gasteiger partial charge on any atom is -0.491 e. The van der Waals surface area contributed by atoms with Crippen LogP contribution >= 0.6 is 11.6 Å². The minimum absolute atomic E-state index is 0.101. The van der Waals surface area contributed by atoms with Crippen molar-refractivity contribution < 1.29 is 37.3 Å². The van der Waals surface area contributed by atoms with Gasteiger partial charge in [-0.15, -0.1) is 5.10 Å². The highest BCUT2D eigenvalue weighted by Crippen LogP contribution is 2.38. The van der Waals surface area contributed by atoms with E-state index >= 15 is 0 Å². The number of carboxylic acids is 1. The molecule has 16 heteroatoms. The van der Waals surface area contributed by atoms with E-state index in [0.29, 0.717) is 47.3 Å². The van der Waals surface area contributed by atoms with E-state index in [1.807, 2.05) is 20.0 Å². The second kappa shape index (κ2) is 12.2. The van der Waals surface area contributed by atoms with Gasteiger partial charge in [0, 0.05) is 36.7 Å². The molecule has 0 aliphatic rings. The summed E-state index contributed by atoms with van der Waals surface area (Å²) >= 11 is 6.57. The van der Waals surface area contributed by atoms with E-state index in [1.165, 1.54) is 4.52 Å². The van der Waals surface area contributed by atoms with E-state index in [2.05, 4.69) is 20.5 Å². The van der Waals surface area contributed by atoms with Crippen LogP contribution in [0, 0.1) is 0 Å². The molecule has 1 amide bonds. The van der Waals surface area contributed by atoms with Gasteiger partial charge in [-0.3, -0.25) is 9.48 Å². The van der Waals surface area contributed by atoms with E-state index in [-0.39, 0.29) is 11.4 Å². The summed E-state index contributed by atoms with van der Waals surface area (Å²) < 4.78 is 46.0. The zero-order chi connectivity index (χ0) is 28.9. The van der Waals surface area contributed by atoms with Crippen LogP contribution in [-0.4, -0.2) is 67.9 Å². The van der Waals surface area contributed by atoms with Gasteiger partial charge in [0.05, 0.1) is 30.8 Å². The maximum Gasteiger partial charge on any atom is 0.490 e. The number of benzene rings is 1. The molecule has 1 unspecified atom stereocenters. The molecule has 4 aromatic rings. The fraction of sp³-hybridized carbons (Fsp3) is 0.348. The summed E-state index contributed by atoms with van der Waals surface area (Å²) in [4.78, 5) is 26.2. The van der Waals surface area contributed by atoms with Crippen LogP contribution < -0.4 is 15.8 Å². The number of halogens is 4. The summed E-state index contributed by atoms with van der Waals surface area (Å²) in [6.07, 6.45) is 0.0365. The number of aromatic nitrogens is 5. The van der Waals surface area contributed by atoms with Gasteiger partial charge in [0.1, 0.15) is 11.1 Å². The Morgan fingerprint density at radius 3 is 2.62 bits per heavy atom. The number of aliphatic carboxylic acids is 1. The monoisotopic (exact) mass is 571 g/mol. The van der Waals surface area contributed by atoms with Crippen molar-refractivity contribution in [3.05, 3.63) is 46.9 Å². The van der Waals surface area contributed by atoms with Crippen molar-refractivity contribution in [2.75, 3.05) is 26.1 Å². The first-order chi connectivity index (χ1) is 18.4. The fourth-order valence-corrected chi connectivity index (χ4v) is 3.82. The standard InChI is InChI=1S/C21H24ClN7O3.C2HF3O2/c1-4-32-18-13(10-15(22)14-11-28(8-9-31-3)26-17(14)18)12(2)25-21(30)16-19(23)27-29-7-5-6-24-20(16)29;3-2(4,5)1(6)7/h5-7,10-12H,4,8-9H2,1-3H3,(H2,23,27)(H,25,30);(H,6,7). The van der Waals surface area contributed by atoms with Gasteiger partial charge in [0.25, 0.3) is 5.91 Å². The number of hydrogen-bond donors (Lipinski definition) is 3. The smallest absolute Gasteiger partial charge is 0.490 e. The molecule has 3 aromatic heterocycles. The Bertz CT molecular complexity index is 1490. The molecule has 4 N–H and O–H groups in total. The Morgan fingerprint density at radius 1 is 1.31 bits per heavy atom. The molecule has 1 aromatic carbocycles. The molecule has 0 spiro atoms. The van der Waals surface area contributed by atoms with Gasteiger partial charge in [-0.05, 0) is 26.0 Å². The number of nitrogen functional groups attached to an aromatic ring is 1. The SMILES string of the molecule is CCOc1c(C(C)NC(=O)c2c(N)nn3cccnc23)cc(Cl)c2cn(CCOC)nc12.O=C(O)C(F)(F)F. The number of nitrogens with zero attached hydrogens (tertiary/aromatic N) is 5. The van der Waals surface area contributed by atoms with Gasteiger partial charge in [0.2, 0.25) is 0 Å². The third-order valence-corrected chi connectivity index (χ3v) is 5.61. The maximum atomic E-state index is 13.1. The summed E-state index contributed by atoms with van der Waals surface area (Å²) in [7, 11) is 1.64. The van der Waals surface area contributed by atoms with Crippen LogP contribution in [0.4, 0.5) is 19.0 Å². The van der Waals surface area contributed by atoms with Gasteiger partial charge in [0.15, 0.2) is 17.2 Å². The Kier molecular flexibility index (Phi) is 9.19. The molecular formula is C23H25ClF3N7O5. The van der Waals surface area contributed by atoms with E-state index in [9.17, 15) is 18.0 Å². The second-order valence-corrected chi connectivity index (χ2v) is 8.41. The topological polar surface area (TPSA) is 159 Å². The predicted molar refractivity (Wildman–Crippen MR) is 135 cm³/mol. The molecule has 0 radical (unpaired) electrons. The lowest BCUT2D eigenvalue weighted by Crippen LogP contribution is -2.27. The fourth-order valence-electron chi connectivity index (χ4n) is 3.57. The van der Waals surface area contributed by atoms with Crippen LogP contribution in [0.25, 0.3) is 16.6 Å². The number of nitrogens with one attached hydrogen (secondary N) is 1. The van der Waals surface area contributed by atoms with Crippen molar-refractivity contribution in [2.24, 2.45) is 0 Å². The molecule has 210 valence electrons. The molecular weight excluding hydrogens is 547 g/mol. The molecule has 3 heterocycles. The minimum atomic E-state index is -5.08. The second-order valence-electron chi connectivity index (χ2n) is 8.00. The highest BCUT2D eigenvalue weighted by Gasteiger charge is 2.38. The summed E-state index contributed by atoms with van der Waals surface area (Å²) in [5, 5.41) is 20.1. The van der Waals surface area contributed by atoms with Crippen molar-refractivity contribution in [3.8, 4) is 5.75 Å². The van der Waals surface area contributed by atoms with Crippen LogP contribution in [0.15, 0.2) is 30.7 Å². The Morgan fingerprint density at radius 2 is 2.00 bits per heavy atom. The largest absolute Gasteiger partial charge is 0.491 e. The van der Waals surface area contributed by atoms with E-state index in [1.54, 1.807) is 36.3 Å². The molecule has 0 aliphatic carbocycles. The van der Waals surface area contributed by atoms with Gasteiger partial charge < -0.3 is 25.6 Å². The number of fused-ring (bicyclic) bond motifs is 2. The maximum absolute atomic E-state index is 13.1. The normalized spacial score (nSPS) is 12.2. The quantitative estimate of drug-likeness (QED) is 0.288. The molecule has 1 atom stereocenters. The van der Waals surface area contributed by atoms with Crippen LogP contribution in [0.3, 0.4) is 0 Å². The molecule has 0 fully saturated rings. The molecule has 0 saturated heterocycles. The molecule has 39 heavy (non-hydrogen) atoms. The van der Waals surface area contributed by atoms with Crippen molar-refractivity contribution in [1.82, 2.24) is 29.7 Å². The number of carbonyl (C=O) groups is 2. The average molecular weight is 572 g/mol. The van der Waals surface area contributed by atoms with Crippen molar-refractivity contribution in [2.45, 2.75) is 32.6 Å². The number of alkyl halides is 3. The molecule has 0 saturated carbocycles. The highest BCUT2D eigenvalue weighted by atomic mass is 35.5. The third kappa shape index (κ3) is 6.67. The number of amides is 1. The van der Waals surface area contributed by atoms with Crippen molar-refractivity contribution >= 4 is 45.8 Å². The highest BCUT2D eigenvalue weighted by molar-refractivity contribution is 6.35. The van der Waals surface area contributed by atoms with Crippen molar-refractivity contribution in [3.63, 3.8) is 0 Å². The number of nitrogens with two attached hydrogens (primary N) is 1. The molecule has 12 nitrogen and oxygen atoms in total. The first-order valence-electron chi connectivity index (χ1n) is 11.4. The number of carbonyl (C=O) groups excluding carboxylic acids is 1. The Hall–Kier alpha value is -4.11. The van der Waals surface area contributed by atoms with Crippen LogP contribution in [0.5, 0.6) is 5.75 Å². The molecule has 4 rings (SSSR count). The lowest BCUT2D eigenvalue weighted by atomic mass is 10.0. The van der Waals surface area contributed by atoms with E-state index in [4.69, 9.17) is 36.7 Å². The number of rotatable bonds is 8. The van der Waals surface area contributed by atoms with Crippen molar-refractivity contribution in [1.29, 1.82) is 0 Å². The van der Waals surface area contributed by atoms with Gasteiger partial charge >= 0.3 is 12.1 Å². The lowest BCUT2D eigenvalue weighted by Gasteiger charge is -2.19. The third-order valence-electron chi connectivity index (χ3n) is 5.30. The zero-order valence-electron chi connectivity index (χ0n) is 21.0. The van der Waals surface area contributed by atoms with Gasteiger partial charge in [-0.25, -0.2) is 14.3 Å². The van der Waals surface area contributed by atoms with Crippen LogP contribution in [0.1, 0.15) is 35.8 Å². The number of methoxy groups -OCH3 is 1. The number of ether oxygens (including phenoxy) is 2. The Balaban J connectivity index is 0.000000532. The zero-order valence-corrected chi connectivity index (χ0v) is 21.7. The van der Waals surface area contributed by atoms with E-state index in [0.717, 1.165) is 5.39 Å². The van der Waals surface area contributed by atoms with Crippen LogP contribution in [-0.2, 0) is 16.1 Å². The predicted octanol–water partition coefficient (Wildman–Crippen LogP) is 3.48. The van der Waals surface area contributed by atoms with E-state index < -0.39 is 24.1 Å². The number of hydrogen-bond acceptors (Lipinski definition) is 8. The van der Waals surface area contributed by atoms with Gasteiger partial charge in [-0.2, -0.15) is 18.3 Å². The number of carboxylic acid groups (broad SMARTS) is 1. The number of anilines is 1. The summed E-state index contributed by atoms with van der Waals surface area (Å²) in [6.45, 7) is 5.26. The summed E-state index contributed by atoms with van der Waals surface area (Å²) in [6, 6.07) is 3.05. The van der Waals surface area contributed by atoms with Crippen LogP contribution in [0.2, 0.25) is 5.02 Å². The van der Waals surface area contributed by atoms with Gasteiger partial charge in [-0.1, -0.05) is 11.6 Å². The Labute approximate surface area is 224 Å². The molecule has 0 aliphatic heterocycles. The lowest BCUT2D eigenvalue weighted by molar-refractivity contribution is -0.192. The first-order valence-corrected chi connectivity index (χ1v) is 11.8. The summed E-state index contributed by atoms with van der Waals surface area (Å²) in [5.41, 5.74) is 7.91. The molecule has 0 bridgehead atoms. The summed E-state index contributed by atoms with van der Waals surface area (Å²) in [5.74, 6) is -2.48. The average Bonchev–Trinajstić information content (AvgIpc) is 3.45. The first kappa shape index (κ1) is 29.4.